The Kier molecular flexibility index (Phi) is 5.38. The number of halogens is 1. The van der Waals surface area contributed by atoms with E-state index in [-0.39, 0.29) is 5.91 Å². The van der Waals surface area contributed by atoms with Gasteiger partial charge in [0.2, 0.25) is 5.91 Å². The van der Waals surface area contributed by atoms with Gasteiger partial charge in [0.25, 0.3) is 0 Å². The van der Waals surface area contributed by atoms with Crippen LogP contribution >= 0.6 is 11.6 Å². The van der Waals surface area contributed by atoms with Gasteiger partial charge in [0.1, 0.15) is 0 Å². The lowest BCUT2D eigenvalue weighted by Crippen LogP contribution is -2.26. The molecule has 2 rings (SSSR count). The summed E-state index contributed by atoms with van der Waals surface area (Å²) in [5.41, 5.74) is 1.93. The molecule has 1 N–H and O–H groups in total. The predicted octanol–water partition coefficient (Wildman–Crippen LogP) is 1.95. The van der Waals surface area contributed by atoms with Gasteiger partial charge in [-0.2, -0.15) is 10.2 Å². The fourth-order valence-electron chi connectivity index (χ4n) is 1.97. The molecule has 1 amide bonds. The first kappa shape index (κ1) is 15.6. The SMILES string of the molecule is Cc1cnn(CCC(=O)NCCCn2cc(Cl)c(C)n2)c1. The molecule has 0 unspecified atom stereocenters. The number of aromatic nitrogens is 4. The Morgan fingerprint density at radius 3 is 2.71 bits per heavy atom. The summed E-state index contributed by atoms with van der Waals surface area (Å²) >= 11 is 5.93. The van der Waals surface area contributed by atoms with Crippen molar-refractivity contribution in [1.29, 1.82) is 0 Å². The molecule has 21 heavy (non-hydrogen) atoms. The molecule has 2 aromatic rings. The zero-order valence-corrected chi connectivity index (χ0v) is 13.1. The quantitative estimate of drug-likeness (QED) is 0.795. The molecule has 0 aliphatic heterocycles. The van der Waals surface area contributed by atoms with E-state index in [9.17, 15) is 4.79 Å². The number of hydrogen-bond acceptors (Lipinski definition) is 3. The van der Waals surface area contributed by atoms with Gasteiger partial charge in [-0.15, -0.1) is 0 Å². The number of carbonyl (C=O) groups excluding carboxylic acids is 1. The van der Waals surface area contributed by atoms with Crippen molar-refractivity contribution in [2.24, 2.45) is 0 Å². The normalized spacial score (nSPS) is 10.8. The lowest BCUT2D eigenvalue weighted by molar-refractivity contribution is -0.121. The van der Waals surface area contributed by atoms with Crippen LogP contribution in [-0.2, 0) is 17.9 Å². The number of amides is 1. The molecule has 0 saturated heterocycles. The molecule has 0 spiro atoms. The Labute approximate surface area is 129 Å². The molecule has 2 heterocycles. The zero-order valence-electron chi connectivity index (χ0n) is 12.3. The molecular weight excluding hydrogens is 290 g/mol. The molecule has 114 valence electrons. The van der Waals surface area contributed by atoms with E-state index in [2.05, 4.69) is 15.5 Å². The second-order valence-electron chi connectivity index (χ2n) is 5.06. The van der Waals surface area contributed by atoms with Crippen molar-refractivity contribution >= 4 is 17.5 Å². The van der Waals surface area contributed by atoms with Crippen LogP contribution in [0, 0.1) is 13.8 Å². The van der Waals surface area contributed by atoms with Crippen LogP contribution in [0.15, 0.2) is 18.6 Å². The van der Waals surface area contributed by atoms with E-state index in [1.165, 1.54) is 0 Å². The van der Waals surface area contributed by atoms with Crippen molar-refractivity contribution in [3.63, 3.8) is 0 Å². The summed E-state index contributed by atoms with van der Waals surface area (Å²) in [6.07, 6.45) is 6.78. The Balaban J connectivity index is 1.61. The van der Waals surface area contributed by atoms with Crippen LogP contribution in [0.3, 0.4) is 0 Å². The molecule has 2 aromatic heterocycles. The van der Waals surface area contributed by atoms with Crippen molar-refractivity contribution < 1.29 is 4.79 Å². The van der Waals surface area contributed by atoms with Crippen LogP contribution in [0.1, 0.15) is 24.1 Å². The van der Waals surface area contributed by atoms with Crippen LogP contribution in [0.2, 0.25) is 5.02 Å². The average Bonchev–Trinajstić information content (AvgIpc) is 2.99. The first-order chi connectivity index (χ1) is 10.0. The first-order valence-corrected chi connectivity index (χ1v) is 7.37. The summed E-state index contributed by atoms with van der Waals surface area (Å²) in [6.45, 7) is 5.83. The molecule has 6 nitrogen and oxygen atoms in total. The molecule has 0 fully saturated rings. The van der Waals surface area contributed by atoms with Crippen molar-refractivity contribution in [2.75, 3.05) is 6.54 Å². The highest BCUT2D eigenvalue weighted by Crippen LogP contribution is 2.11. The fourth-order valence-corrected chi connectivity index (χ4v) is 2.12. The Morgan fingerprint density at radius 1 is 1.29 bits per heavy atom. The third-order valence-electron chi connectivity index (χ3n) is 3.10. The third-order valence-corrected chi connectivity index (χ3v) is 3.47. The zero-order chi connectivity index (χ0) is 15.2. The molecule has 0 bridgehead atoms. The van der Waals surface area contributed by atoms with Crippen LogP contribution in [0.25, 0.3) is 0 Å². The molecule has 7 heteroatoms. The van der Waals surface area contributed by atoms with Gasteiger partial charge in [0, 0.05) is 38.4 Å². The molecule has 0 saturated carbocycles. The first-order valence-electron chi connectivity index (χ1n) is 7.00. The second kappa shape index (κ2) is 7.26. The van der Waals surface area contributed by atoms with Crippen LogP contribution in [0.5, 0.6) is 0 Å². The van der Waals surface area contributed by atoms with Crippen LogP contribution in [0.4, 0.5) is 0 Å². The van der Waals surface area contributed by atoms with Gasteiger partial charge in [-0.1, -0.05) is 11.6 Å². The van der Waals surface area contributed by atoms with Gasteiger partial charge in [-0.25, -0.2) is 0 Å². The predicted molar refractivity (Wildman–Crippen MR) is 81.2 cm³/mol. The van der Waals surface area contributed by atoms with E-state index in [4.69, 9.17) is 11.6 Å². The smallest absolute Gasteiger partial charge is 0.221 e. The topological polar surface area (TPSA) is 64.7 Å². The Bertz CT molecular complexity index is 585. The van der Waals surface area contributed by atoms with Crippen LogP contribution in [-0.4, -0.2) is 32.0 Å². The fraction of sp³-hybridized carbons (Fsp3) is 0.500. The van der Waals surface area contributed by atoms with Gasteiger partial charge in [0.15, 0.2) is 0 Å². The Morgan fingerprint density at radius 2 is 2.10 bits per heavy atom. The minimum absolute atomic E-state index is 0.0397. The van der Waals surface area contributed by atoms with Gasteiger partial charge in [-0.05, 0) is 25.8 Å². The maximum absolute atomic E-state index is 11.7. The standard InChI is InChI=1S/C14H20ClN5O/c1-11-8-17-19(9-11)7-4-14(21)16-5-3-6-20-10-13(15)12(2)18-20/h8-10H,3-7H2,1-2H3,(H,16,21). The van der Waals surface area contributed by atoms with E-state index in [0.29, 0.717) is 24.5 Å². The maximum Gasteiger partial charge on any atom is 0.221 e. The molecule has 0 radical (unpaired) electrons. The van der Waals surface area contributed by atoms with Crippen LogP contribution < -0.4 is 5.32 Å². The summed E-state index contributed by atoms with van der Waals surface area (Å²) in [5.74, 6) is 0.0397. The average molecular weight is 310 g/mol. The van der Waals surface area contributed by atoms with Gasteiger partial charge >= 0.3 is 0 Å². The van der Waals surface area contributed by atoms with Crippen molar-refractivity contribution in [1.82, 2.24) is 24.9 Å². The van der Waals surface area contributed by atoms with E-state index in [0.717, 1.165) is 24.2 Å². The number of nitrogens with one attached hydrogen (secondary N) is 1. The van der Waals surface area contributed by atoms with E-state index < -0.39 is 0 Å². The van der Waals surface area contributed by atoms with E-state index >= 15 is 0 Å². The van der Waals surface area contributed by atoms with Gasteiger partial charge in [-0.3, -0.25) is 14.2 Å². The molecule has 0 atom stereocenters. The van der Waals surface area contributed by atoms with Crippen molar-refractivity contribution in [3.8, 4) is 0 Å². The monoisotopic (exact) mass is 309 g/mol. The highest BCUT2D eigenvalue weighted by Gasteiger charge is 2.04. The minimum atomic E-state index is 0.0397. The van der Waals surface area contributed by atoms with Gasteiger partial charge < -0.3 is 5.32 Å². The second-order valence-corrected chi connectivity index (χ2v) is 5.47. The molecular formula is C14H20ClN5O. The number of hydrogen-bond donors (Lipinski definition) is 1. The largest absolute Gasteiger partial charge is 0.356 e. The number of aryl methyl sites for hydroxylation is 4. The number of nitrogens with zero attached hydrogens (tertiary/aromatic N) is 4. The number of carbonyl (C=O) groups is 1. The minimum Gasteiger partial charge on any atom is -0.356 e. The lowest BCUT2D eigenvalue weighted by atomic mass is 10.3. The number of rotatable bonds is 7. The van der Waals surface area contributed by atoms with Gasteiger partial charge in [0.05, 0.1) is 16.9 Å². The summed E-state index contributed by atoms with van der Waals surface area (Å²) in [4.78, 5) is 11.7. The summed E-state index contributed by atoms with van der Waals surface area (Å²) in [6, 6.07) is 0. The van der Waals surface area contributed by atoms with E-state index in [1.54, 1.807) is 21.8 Å². The molecule has 0 aromatic carbocycles. The summed E-state index contributed by atoms with van der Waals surface area (Å²) in [5, 5.41) is 12.0. The highest BCUT2D eigenvalue weighted by molar-refractivity contribution is 6.31. The summed E-state index contributed by atoms with van der Waals surface area (Å²) < 4.78 is 3.58. The lowest BCUT2D eigenvalue weighted by Gasteiger charge is -2.05. The summed E-state index contributed by atoms with van der Waals surface area (Å²) in [7, 11) is 0. The van der Waals surface area contributed by atoms with Crippen molar-refractivity contribution in [3.05, 3.63) is 34.9 Å². The Hall–Kier alpha value is -1.82. The molecule has 0 aliphatic rings. The molecule has 0 aliphatic carbocycles. The third kappa shape index (κ3) is 4.90. The highest BCUT2D eigenvalue weighted by atomic mass is 35.5. The van der Waals surface area contributed by atoms with Crippen molar-refractivity contribution in [2.45, 2.75) is 39.8 Å². The van der Waals surface area contributed by atoms with E-state index in [1.807, 2.05) is 20.0 Å². The maximum atomic E-state index is 11.7.